The molecule has 3 heteroatoms. The lowest BCUT2D eigenvalue weighted by Crippen LogP contribution is -2.21. The van der Waals surface area contributed by atoms with E-state index in [1.165, 1.54) is 19.3 Å². The first-order valence-corrected chi connectivity index (χ1v) is 7.37. The van der Waals surface area contributed by atoms with Crippen LogP contribution in [0.1, 0.15) is 48.7 Å². The van der Waals surface area contributed by atoms with Gasteiger partial charge in [0.1, 0.15) is 0 Å². The number of thiophene rings is 1. The van der Waals surface area contributed by atoms with Crippen LogP contribution in [0.3, 0.4) is 0 Å². The van der Waals surface area contributed by atoms with Crippen molar-refractivity contribution in [2.75, 3.05) is 20.1 Å². The Hall–Kier alpha value is -0.670. The maximum atomic E-state index is 11.7. The van der Waals surface area contributed by atoms with Crippen LogP contribution >= 0.6 is 11.3 Å². The molecule has 0 aliphatic heterocycles. The van der Waals surface area contributed by atoms with Crippen LogP contribution in [0, 0.1) is 0 Å². The molecular weight excluding hydrogens is 230 g/mol. The van der Waals surface area contributed by atoms with Crippen molar-refractivity contribution in [2.24, 2.45) is 0 Å². The zero-order chi connectivity index (χ0) is 12.5. The Bertz CT molecular complexity index is 308. The van der Waals surface area contributed by atoms with Crippen molar-refractivity contribution in [1.82, 2.24) is 4.90 Å². The smallest absolute Gasteiger partial charge is 0.172 e. The number of unbranched alkanes of at least 4 members (excludes halogenated alkanes) is 2. The quantitative estimate of drug-likeness (QED) is 0.492. The first-order valence-electron chi connectivity index (χ1n) is 6.49. The van der Waals surface area contributed by atoms with Crippen LogP contribution in [0.4, 0.5) is 0 Å². The molecule has 0 radical (unpaired) electrons. The predicted octanol–water partition coefficient (Wildman–Crippen LogP) is 3.83. The zero-order valence-corrected chi connectivity index (χ0v) is 11.8. The maximum absolute atomic E-state index is 11.7. The fourth-order valence-corrected chi connectivity index (χ4v) is 2.51. The highest BCUT2D eigenvalue weighted by molar-refractivity contribution is 7.12. The Kier molecular flexibility index (Phi) is 7.13. The van der Waals surface area contributed by atoms with E-state index in [1.807, 2.05) is 17.5 Å². The van der Waals surface area contributed by atoms with Gasteiger partial charge in [0.2, 0.25) is 0 Å². The van der Waals surface area contributed by atoms with Gasteiger partial charge in [-0.3, -0.25) is 4.79 Å². The molecule has 1 aromatic rings. The summed E-state index contributed by atoms with van der Waals surface area (Å²) in [5.74, 6) is 0.293. The summed E-state index contributed by atoms with van der Waals surface area (Å²) in [7, 11) is 2.14. The van der Waals surface area contributed by atoms with Crippen LogP contribution in [-0.2, 0) is 0 Å². The highest BCUT2D eigenvalue weighted by Crippen LogP contribution is 2.12. The Labute approximate surface area is 109 Å². The Balaban J connectivity index is 2.09. The molecule has 0 atom stereocenters. The summed E-state index contributed by atoms with van der Waals surface area (Å²) < 4.78 is 0. The maximum Gasteiger partial charge on any atom is 0.172 e. The van der Waals surface area contributed by atoms with Crippen LogP contribution in [0.5, 0.6) is 0 Å². The molecule has 0 aliphatic carbocycles. The van der Waals surface area contributed by atoms with E-state index in [2.05, 4.69) is 18.9 Å². The predicted molar refractivity (Wildman–Crippen MR) is 74.9 cm³/mol. The number of nitrogens with zero attached hydrogens (tertiary/aromatic N) is 1. The van der Waals surface area contributed by atoms with Gasteiger partial charge < -0.3 is 4.90 Å². The van der Waals surface area contributed by atoms with Gasteiger partial charge in [0.05, 0.1) is 4.88 Å². The van der Waals surface area contributed by atoms with E-state index < -0.39 is 0 Å². The van der Waals surface area contributed by atoms with Crippen LogP contribution in [-0.4, -0.2) is 30.8 Å². The average Bonchev–Trinajstić information content (AvgIpc) is 2.82. The van der Waals surface area contributed by atoms with E-state index >= 15 is 0 Å². The highest BCUT2D eigenvalue weighted by Gasteiger charge is 2.06. The molecule has 0 fully saturated rings. The minimum Gasteiger partial charge on any atom is -0.306 e. The molecule has 2 nitrogen and oxygen atoms in total. The third-order valence-corrected chi connectivity index (χ3v) is 3.79. The molecule has 0 spiro atoms. The van der Waals surface area contributed by atoms with Gasteiger partial charge in [-0.05, 0) is 44.4 Å². The van der Waals surface area contributed by atoms with E-state index in [-0.39, 0.29) is 0 Å². The molecule has 0 amide bonds. The van der Waals surface area contributed by atoms with Gasteiger partial charge in [-0.2, -0.15) is 0 Å². The van der Waals surface area contributed by atoms with E-state index in [4.69, 9.17) is 0 Å². The van der Waals surface area contributed by atoms with Crippen molar-refractivity contribution in [3.05, 3.63) is 22.4 Å². The number of rotatable bonds is 9. The standard InChI is InChI=1S/C14H23NOS/c1-3-4-5-10-15(2)11-6-8-13(16)14-9-7-12-17-14/h7,9,12H,3-6,8,10-11H2,1-2H3. The van der Waals surface area contributed by atoms with E-state index in [9.17, 15) is 4.79 Å². The lowest BCUT2D eigenvalue weighted by atomic mass is 10.2. The molecule has 1 heterocycles. The Morgan fingerprint density at radius 2 is 2.06 bits per heavy atom. The van der Waals surface area contributed by atoms with Gasteiger partial charge in [-0.15, -0.1) is 11.3 Å². The van der Waals surface area contributed by atoms with Crippen molar-refractivity contribution >= 4 is 17.1 Å². The molecule has 0 N–H and O–H groups in total. The van der Waals surface area contributed by atoms with Crippen molar-refractivity contribution in [2.45, 2.75) is 39.0 Å². The molecule has 1 aromatic heterocycles. The molecule has 0 saturated heterocycles. The van der Waals surface area contributed by atoms with E-state index in [0.717, 1.165) is 24.4 Å². The Morgan fingerprint density at radius 3 is 2.71 bits per heavy atom. The number of Topliss-reactive ketones (excluding diaryl/α,β-unsaturated/α-hetero) is 1. The second kappa shape index (κ2) is 8.43. The number of hydrogen-bond donors (Lipinski definition) is 0. The lowest BCUT2D eigenvalue weighted by molar-refractivity contribution is 0.0980. The Morgan fingerprint density at radius 1 is 1.29 bits per heavy atom. The average molecular weight is 253 g/mol. The van der Waals surface area contributed by atoms with Gasteiger partial charge in [0, 0.05) is 6.42 Å². The normalized spacial score (nSPS) is 11.0. The monoisotopic (exact) mass is 253 g/mol. The summed E-state index contributed by atoms with van der Waals surface area (Å²) in [5, 5.41) is 1.96. The third-order valence-electron chi connectivity index (χ3n) is 2.88. The minimum atomic E-state index is 0.293. The number of hydrogen-bond acceptors (Lipinski definition) is 3. The van der Waals surface area contributed by atoms with Crippen molar-refractivity contribution in [1.29, 1.82) is 0 Å². The summed E-state index contributed by atoms with van der Waals surface area (Å²) in [5.41, 5.74) is 0. The van der Waals surface area contributed by atoms with Crippen molar-refractivity contribution in [3.8, 4) is 0 Å². The number of carbonyl (C=O) groups excluding carboxylic acids is 1. The highest BCUT2D eigenvalue weighted by atomic mass is 32.1. The van der Waals surface area contributed by atoms with Crippen molar-refractivity contribution < 1.29 is 4.79 Å². The number of carbonyl (C=O) groups is 1. The first kappa shape index (κ1) is 14.4. The molecule has 17 heavy (non-hydrogen) atoms. The van der Waals surface area contributed by atoms with E-state index in [1.54, 1.807) is 11.3 Å². The number of ketones is 1. The fraction of sp³-hybridized carbons (Fsp3) is 0.643. The van der Waals surface area contributed by atoms with Gasteiger partial charge in [0.15, 0.2) is 5.78 Å². The summed E-state index contributed by atoms with van der Waals surface area (Å²) >= 11 is 1.54. The summed E-state index contributed by atoms with van der Waals surface area (Å²) in [6, 6.07) is 3.85. The fourth-order valence-electron chi connectivity index (χ4n) is 1.81. The molecule has 0 bridgehead atoms. The molecule has 0 aromatic carbocycles. The lowest BCUT2D eigenvalue weighted by Gasteiger charge is -2.15. The minimum absolute atomic E-state index is 0.293. The van der Waals surface area contributed by atoms with Crippen molar-refractivity contribution in [3.63, 3.8) is 0 Å². The molecule has 0 aliphatic rings. The molecule has 0 unspecified atom stereocenters. The molecule has 0 saturated carbocycles. The first-order chi connectivity index (χ1) is 8.24. The van der Waals surface area contributed by atoms with Gasteiger partial charge in [-0.1, -0.05) is 25.8 Å². The van der Waals surface area contributed by atoms with Gasteiger partial charge in [0.25, 0.3) is 0 Å². The summed E-state index contributed by atoms with van der Waals surface area (Å²) in [6.45, 7) is 4.40. The van der Waals surface area contributed by atoms with Gasteiger partial charge >= 0.3 is 0 Å². The largest absolute Gasteiger partial charge is 0.306 e. The second-order valence-electron chi connectivity index (χ2n) is 4.51. The summed E-state index contributed by atoms with van der Waals surface area (Å²) in [6.07, 6.45) is 5.49. The topological polar surface area (TPSA) is 20.3 Å². The van der Waals surface area contributed by atoms with Crippen LogP contribution < -0.4 is 0 Å². The van der Waals surface area contributed by atoms with Crippen LogP contribution in [0.15, 0.2) is 17.5 Å². The van der Waals surface area contributed by atoms with Crippen LogP contribution in [0.2, 0.25) is 0 Å². The third kappa shape index (κ3) is 5.99. The summed E-state index contributed by atoms with van der Waals surface area (Å²) in [4.78, 5) is 15.0. The SMILES string of the molecule is CCCCCN(C)CCCC(=O)c1cccs1. The van der Waals surface area contributed by atoms with Gasteiger partial charge in [-0.25, -0.2) is 0 Å². The molecule has 1 rings (SSSR count). The van der Waals surface area contributed by atoms with E-state index in [0.29, 0.717) is 12.2 Å². The van der Waals surface area contributed by atoms with Crippen LogP contribution in [0.25, 0.3) is 0 Å². The zero-order valence-electron chi connectivity index (χ0n) is 10.9. The second-order valence-corrected chi connectivity index (χ2v) is 5.46. The molecular formula is C14H23NOS. The molecule has 96 valence electrons.